The van der Waals surface area contributed by atoms with Crippen molar-refractivity contribution in [3.05, 3.63) is 0 Å². The molecule has 0 aromatic carbocycles. The highest BCUT2D eigenvalue weighted by molar-refractivity contribution is 5.77. The van der Waals surface area contributed by atoms with E-state index in [0.717, 1.165) is 19.3 Å². The Kier molecular flexibility index (Phi) is 8.35. The average Bonchev–Trinajstić information content (AvgIpc) is 2.94. The molecule has 0 saturated heterocycles. The predicted molar refractivity (Wildman–Crippen MR) is 81.1 cm³/mol. The quantitative estimate of drug-likeness (QED) is 0.630. The van der Waals surface area contributed by atoms with Crippen LogP contribution in [0.4, 0.5) is 0 Å². The lowest BCUT2D eigenvalue weighted by atomic mass is 10.0. The molecule has 1 aliphatic rings. The molecule has 0 aromatic rings. The van der Waals surface area contributed by atoms with Gasteiger partial charge in [-0.05, 0) is 32.1 Å². The fourth-order valence-electron chi connectivity index (χ4n) is 2.82. The van der Waals surface area contributed by atoms with Crippen molar-refractivity contribution in [2.45, 2.75) is 52.4 Å². The number of nitrogens with zero attached hydrogens (tertiary/aromatic N) is 1. The summed E-state index contributed by atoms with van der Waals surface area (Å²) in [6.45, 7) is 5.76. The number of aliphatic carboxylic acids is 1. The van der Waals surface area contributed by atoms with Crippen LogP contribution in [0, 0.1) is 11.8 Å². The topological polar surface area (TPSA) is 66.8 Å². The Hall–Kier alpha value is -1.10. The zero-order chi connectivity index (χ0) is 15.7. The fourth-order valence-corrected chi connectivity index (χ4v) is 2.82. The third-order valence-electron chi connectivity index (χ3n) is 4.13. The average molecular weight is 299 g/mol. The van der Waals surface area contributed by atoms with Gasteiger partial charge in [0.2, 0.25) is 5.91 Å². The van der Waals surface area contributed by atoms with Crippen molar-refractivity contribution in [3.63, 3.8) is 0 Å². The summed E-state index contributed by atoms with van der Waals surface area (Å²) in [5, 5.41) is 9.04. The highest BCUT2D eigenvalue weighted by Gasteiger charge is 2.24. The molecule has 1 rings (SSSR count). The number of amides is 1. The van der Waals surface area contributed by atoms with Crippen LogP contribution in [0.2, 0.25) is 0 Å². The van der Waals surface area contributed by atoms with Gasteiger partial charge in [-0.3, -0.25) is 9.59 Å². The van der Waals surface area contributed by atoms with Gasteiger partial charge in [0.05, 0.1) is 5.92 Å². The Labute approximate surface area is 127 Å². The maximum atomic E-state index is 12.4. The van der Waals surface area contributed by atoms with E-state index in [2.05, 4.69) is 0 Å². The van der Waals surface area contributed by atoms with Crippen LogP contribution in [0.15, 0.2) is 0 Å². The molecule has 1 N–H and O–H groups in total. The van der Waals surface area contributed by atoms with Crippen LogP contribution >= 0.6 is 0 Å². The highest BCUT2D eigenvalue weighted by atomic mass is 16.5. The van der Waals surface area contributed by atoms with Crippen molar-refractivity contribution >= 4 is 11.9 Å². The Morgan fingerprint density at radius 3 is 2.57 bits per heavy atom. The van der Waals surface area contributed by atoms with Gasteiger partial charge in [-0.15, -0.1) is 0 Å². The van der Waals surface area contributed by atoms with E-state index in [1.54, 1.807) is 11.8 Å². The molecular formula is C16H29NO4. The Morgan fingerprint density at radius 2 is 2.00 bits per heavy atom. The van der Waals surface area contributed by atoms with Gasteiger partial charge in [0, 0.05) is 32.7 Å². The molecule has 0 radical (unpaired) electrons. The van der Waals surface area contributed by atoms with E-state index < -0.39 is 11.9 Å². The Bertz CT molecular complexity index is 326. The van der Waals surface area contributed by atoms with Crippen molar-refractivity contribution in [1.82, 2.24) is 4.90 Å². The molecule has 0 spiro atoms. The molecule has 122 valence electrons. The van der Waals surface area contributed by atoms with Crippen LogP contribution < -0.4 is 0 Å². The van der Waals surface area contributed by atoms with Crippen LogP contribution in [0.25, 0.3) is 0 Å². The number of hydrogen-bond acceptors (Lipinski definition) is 3. The molecule has 1 saturated carbocycles. The summed E-state index contributed by atoms with van der Waals surface area (Å²) in [4.78, 5) is 25.1. The molecule has 0 bridgehead atoms. The lowest BCUT2D eigenvalue weighted by Crippen LogP contribution is -2.38. The highest BCUT2D eigenvalue weighted by Crippen LogP contribution is 2.28. The third-order valence-corrected chi connectivity index (χ3v) is 4.13. The number of carboxylic acid groups (broad SMARTS) is 1. The zero-order valence-corrected chi connectivity index (χ0v) is 13.3. The third kappa shape index (κ3) is 6.93. The minimum atomic E-state index is -0.849. The van der Waals surface area contributed by atoms with Crippen LogP contribution in [-0.2, 0) is 14.3 Å². The molecule has 0 aromatic heterocycles. The van der Waals surface area contributed by atoms with Crippen LogP contribution in [0.1, 0.15) is 52.4 Å². The van der Waals surface area contributed by atoms with E-state index >= 15 is 0 Å². The summed E-state index contributed by atoms with van der Waals surface area (Å²) >= 11 is 0. The van der Waals surface area contributed by atoms with Crippen molar-refractivity contribution in [2.75, 3.05) is 26.3 Å². The van der Waals surface area contributed by atoms with E-state index in [0.29, 0.717) is 38.6 Å². The maximum absolute atomic E-state index is 12.4. The first-order valence-electron chi connectivity index (χ1n) is 8.12. The van der Waals surface area contributed by atoms with Gasteiger partial charge < -0.3 is 14.7 Å². The largest absolute Gasteiger partial charge is 0.481 e. The van der Waals surface area contributed by atoms with E-state index in [9.17, 15) is 9.59 Å². The summed E-state index contributed by atoms with van der Waals surface area (Å²) < 4.78 is 5.30. The summed E-state index contributed by atoms with van der Waals surface area (Å²) in [6.07, 6.45) is 6.03. The van der Waals surface area contributed by atoms with Gasteiger partial charge in [0.25, 0.3) is 0 Å². The van der Waals surface area contributed by atoms with Gasteiger partial charge >= 0.3 is 5.97 Å². The van der Waals surface area contributed by atoms with Gasteiger partial charge in [0.1, 0.15) is 0 Å². The van der Waals surface area contributed by atoms with Crippen molar-refractivity contribution in [1.29, 1.82) is 0 Å². The van der Waals surface area contributed by atoms with Gasteiger partial charge in [-0.25, -0.2) is 0 Å². The summed E-state index contributed by atoms with van der Waals surface area (Å²) in [6, 6.07) is 0. The lowest BCUT2D eigenvalue weighted by molar-refractivity contribution is -0.143. The van der Waals surface area contributed by atoms with Crippen molar-refractivity contribution < 1.29 is 19.4 Å². The number of ether oxygens (including phenoxy) is 1. The van der Waals surface area contributed by atoms with E-state index in [1.807, 2.05) is 6.92 Å². The molecular weight excluding hydrogens is 270 g/mol. The van der Waals surface area contributed by atoms with Gasteiger partial charge in [0.15, 0.2) is 0 Å². The first-order chi connectivity index (χ1) is 10.0. The van der Waals surface area contributed by atoms with Crippen LogP contribution in [0.5, 0.6) is 0 Å². The number of carboxylic acids is 1. The van der Waals surface area contributed by atoms with E-state index in [-0.39, 0.29) is 5.91 Å². The second-order valence-corrected chi connectivity index (χ2v) is 5.98. The Morgan fingerprint density at radius 1 is 1.33 bits per heavy atom. The molecule has 1 amide bonds. The Balaban J connectivity index is 2.47. The molecule has 1 atom stereocenters. The molecule has 1 unspecified atom stereocenters. The van der Waals surface area contributed by atoms with Crippen LogP contribution in [-0.4, -0.2) is 48.2 Å². The molecule has 1 fully saturated rings. The smallest absolute Gasteiger partial charge is 0.308 e. The second-order valence-electron chi connectivity index (χ2n) is 5.98. The SMILES string of the molecule is CCOCCCN(CC(C)C(=O)O)C(=O)CC1CCCC1. The van der Waals surface area contributed by atoms with E-state index in [4.69, 9.17) is 9.84 Å². The zero-order valence-electron chi connectivity index (χ0n) is 13.3. The first-order valence-corrected chi connectivity index (χ1v) is 8.12. The predicted octanol–water partition coefficient (Wildman–Crippen LogP) is 2.54. The molecule has 0 heterocycles. The number of carbonyl (C=O) groups is 2. The fraction of sp³-hybridized carbons (Fsp3) is 0.875. The molecule has 5 heteroatoms. The van der Waals surface area contributed by atoms with Gasteiger partial charge in [-0.2, -0.15) is 0 Å². The summed E-state index contributed by atoms with van der Waals surface area (Å²) in [5.41, 5.74) is 0. The van der Waals surface area contributed by atoms with E-state index in [1.165, 1.54) is 12.8 Å². The first kappa shape index (κ1) is 18.0. The number of rotatable bonds is 10. The van der Waals surface area contributed by atoms with Crippen LogP contribution in [0.3, 0.4) is 0 Å². The number of carbonyl (C=O) groups excluding carboxylic acids is 1. The molecule has 5 nitrogen and oxygen atoms in total. The lowest BCUT2D eigenvalue weighted by Gasteiger charge is -2.26. The molecule has 0 aliphatic heterocycles. The van der Waals surface area contributed by atoms with Gasteiger partial charge in [-0.1, -0.05) is 19.8 Å². The monoisotopic (exact) mass is 299 g/mol. The minimum Gasteiger partial charge on any atom is -0.481 e. The number of hydrogen-bond donors (Lipinski definition) is 1. The second kappa shape index (κ2) is 9.77. The molecule has 1 aliphatic carbocycles. The molecule has 21 heavy (non-hydrogen) atoms. The minimum absolute atomic E-state index is 0.103. The van der Waals surface area contributed by atoms with Crippen molar-refractivity contribution in [3.8, 4) is 0 Å². The van der Waals surface area contributed by atoms with Crippen molar-refractivity contribution in [2.24, 2.45) is 11.8 Å². The summed E-state index contributed by atoms with van der Waals surface area (Å²) in [7, 11) is 0. The summed E-state index contributed by atoms with van der Waals surface area (Å²) in [5.74, 6) is -0.776. The maximum Gasteiger partial charge on any atom is 0.308 e. The normalized spacial score (nSPS) is 16.9. The standard InChI is InChI=1S/C16H29NO4/c1-3-21-10-6-9-17(12-13(2)16(19)20)15(18)11-14-7-4-5-8-14/h13-14H,3-12H2,1-2H3,(H,19,20).